The van der Waals surface area contributed by atoms with E-state index < -0.39 is 0 Å². The maximum Gasteiger partial charge on any atom is 0.229 e. The van der Waals surface area contributed by atoms with Gasteiger partial charge in [-0.3, -0.25) is 4.79 Å². The highest BCUT2D eigenvalue weighted by Gasteiger charge is 2.29. The minimum absolute atomic E-state index is 0.144. The Morgan fingerprint density at radius 1 is 1.16 bits per heavy atom. The normalized spacial score (nSPS) is 15.6. The third-order valence-electron chi connectivity index (χ3n) is 4.53. The predicted octanol–water partition coefficient (Wildman–Crippen LogP) is 3.48. The molecule has 0 aliphatic carbocycles. The van der Waals surface area contributed by atoms with Crippen molar-refractivity contribution in [3.63, 3.8) is 0 Å². The van der Waals surface area contributed by atoms with E-state index in [4.69, 9.17) is 9.47 Å². The monoisotopic (exact) mass is 340 g/mol. The van der Waals surface area contributed by atoms with Crippen LogP contribution >= 0.6 is 0 Å². The summed E-state index contributed by atoms with van der Waals surface area (Å²) in [5, 5.41) is 3.28. The van der Waals surface area contributed by atoms with Gasteiger partial charge in [-0.2, -0.15) is 0 Å². The molecule has 0 fully saturated rings. The van der Waals surface area contributed by atoms with Crippen LogP contribution in [0.1, 0.15) is 18.9 Å². The Hall–Kier alpha value is -2.69. The zero-order chi connectivity index (χ0) is 17.8. The average molecular weight is 340 g/mol. The summed E-state index contributed by atoms with van der Waals surface area (Å²) >= 11 is 0. The minimum atomic E-state index is 0.144. The number of nitrogens with zero attached hydrogens (tertiary/aromatic N) is 1. The Balaban J connectivity index is 1.60. The molecule has 1 unspecified atom stereocenters. The van der Waals surface area contributed by atoms with Crippen LogP contribution < -0.4 is 19.7 Å². The molecule has 0 radical (unpaired) electrons. The first-order chi connectivity index (χ1) is 12.1. The van der Waals surface area contributed by atoms with Gasteiger partial charge in [0, 0.05) is 36.4 Å². The van der Waals surface area contributed by atoms with Gasteiger partial charge in [0.05, 0.1) is 14.2 Å². The second kappa shape index (κ2) is 7.47. The molecule has 2 aromatic rings. The van der Waals surface area contributed by atoms with E-state index >= 15 is 0 Å². The predicted molar refractivity (Wildman–Crippen MR) is 99.7 cm³/mol. The van der Waals surface area contributed by atoms with Gasteiger partial charge in [0.2, 0.25) is 5.91 Å². The molecule has 132 valence electrons. The van der Waals surface area contributed by atoms with Crippen LogP contribution in [0.4, 0.5) is 11.4 Å². The van der Waals surface area contributed by atoms with Gasteiger partial charge in [0.1, 0.15) is 0 Å². The van der Waals surface area contributed by atoms with E-state index in [-0.39, 0.29) is 11.9 Å². The first-order valence-corrected chi connectivity index (χ1v) is 8.50. The Bertz CT molecular complexity index is 760. The highest BCUT2D eigenvalue weighted by atomic mass is 16.5. The Labute approximate surface area is 148 Å². The minimum Gasteiger partial charge on any atom is -0.493 e. The van der Waals surface area contributed by atoms with Crippen LogP contribution in [-0.4, -0.2) is 32.7 Å². The second-order valence-corrected chi connectivity index (χ2v) is 6.19. The Morgan fingerprint density at radius 2 is 1.92 bits per heavy atom. The molecular weight excluding hydrogens is 316 g/mol. The molecule has 1 aliphatic heterocycles. The third-order valence-corrected chi connectivity index (χ3v) is 4.53. The molecule has 0 spiro atoms. The average Bonchev–Trinajstić information content (AvgIpc) is 2.97. The first-order valence-electron chi connectivity index (χ1n) is 8.50. The molecule has 0 saturated heterocycles. The number of nitrogens with one attached hydrogen (secondary N) is 1. The van der Waals surface area contributed by atoms with Crippen molar-refractivity contribution in [1.82, 2.24) is 0 Å². The molecule has 0 saturated carbocycles. The van der Waals surface area contributed by atoms with Crippen molar-refractivity contribution in [1.29, 1.82) is 0 Å². The number of carbonyl (C=O) groups is 1. The Morgan fingerprint density at radius 3 is 2.68 bits per heavy atom. The summed E-state index contributed by atoms with van der Waals surface area (Å²) < 4.78 is 10.5. The molecule has 2 aromatic carbocycles. The van der Waals surface area contributed by atoms with Crippen LogP contribution in [0, 0.1) is 0 Å². The standard InChI is InChI=1S/C20H24N2O3/c1-14-12-15-6-4-5-7-17(15)22(14)20(23)10-11-21-16-8-9-18(24-2)19(13-16)25-3/h4-9,13-14,21H,10-12H2,1-3H3. The molecule has 1 N–H and O–H groups in total. The topological polar surface area (TPSA) is 50.8 Å². The van der Waals surface area contributed by atoms with Gasteiger partial charge in [0.15, 0.2) is 11.5 Å². The lowest BCUT2D eigenvalue weighted by Gasteiger charge is -2.23. The van der Waals surface area contributed by atoms with Gasteiger partial charge in [0.25, 0.3) is 0 Å². The van der Waals surface area contributed by atoms with E-state index in [1.165, 1.54) is 5.56 Å². The number of carbonyl (C=O) groups excluding carboxylic acids is 1. The largest absolute Gasteiger partial charge is 0.493 e. The van der Waals surface area contributed by atoms with Gasteiger partial charge < -0.3 is 19.7 Å². The molecule has 5 nitrogen and oxygen atoms in total. The van der Waals surface area contributed by atoms with Gasteiger partial charge in [-0.15, -0.1) is 0 Å². The van der Waals surface area contributed by atoms with Crippen LogP contribution in [0.15, 0.2) is 42.5 Å². The number of benzene rings is 2. The van der Waals surface area contributed by atoms with Crippen LogP contribution in [0.2, 0.25) is 0 Å². The molecule has 1 atom stereocenters. The number of fused-ring (bicyclic) bond motifs is 1. The number of ether oxygens (including phenoxy) is 2. The van der Waals surface area contributed by atoms with Crippen molar-refractivity contribution in [3.05, 3.63) is 48.0 Å². The number of rotatable bonds is 6. The van der Waals surface area contributed by atoms with Crippen LogP contribution in [0.5, 0.6) is 11.5 Å². The van der Waals surface area contributed by atoms with Crippen LogP contribution in [0.3, 0.4) is 0 Å². The maximum absolute atomic E-state index is 12.7. The number of hydrogen-bond donors (Lipinski definition) is 1. The molecular formula is C20H24N2O3. The van der Waals surface area contributed by atoms with E-state index in [0.717, 1.165) is 17.8 Å². The molecule has 0 aromatic heterocycles. The highest BCUT2D eigenvalue weighted by molar-refractivity contribution is 5.96. The lowest BCUT2D eigenvalue weighted by Crippen LogP contribution is -2.36. The SMILES string of the molecule is COc1ccc(NCCC(=O)N2c3ccccc3CC2C)cc1OC. The van der Waals surface area contributed by atoms with Crippen molar-refractivity contribution < 1.29 is 14.3 Å². The van der Waals surface area contributed by atoms with E-state index in [1.807, 2.05) is 41.3 Å². The van der Waals surface area contributed by atoms with Gasteiger partial charge >= 0.3 is 0 Å². The van der Waals surface area contributed by atoms with Crippen LogP contribution in [0.25, 0.3) is 0 Å². The van der Waals surface area contributed by atoms with E-state index in [0.29, 0.717) is 24.5 Å². The molecule has 25 heavy (non-hydrogen) atoms. The van der Waals surface area contributed by atoms with Crippen molar-refractivity contribution in [2.45, 2.75) is 25.8 Å². The fourth-order valence-corrected chi connectivity index (χ4v) is 3.33. The molecule has 0 bridgehead atoms. The molecule has 1 aliphatic rings. The van der Waals surface area contributed by atoms with Crippen LogP contribution in [-0.2, 0) is 11.2 Å². The fourth-order valence-electron chi connectivity index (χ4n) is 3.33. The summed E-state index contributed by atoms with van der Waals surface area (Å²) in [5.41, 5.74) is 3.20. The molecule has 5 heteroatoms. The van der Waals surface area contributed by atoms with Gasteiger partial charge in [-0.25, -0.2) is 0 Å². The van der Waals surface area contributed by atoms with Gasteiger partial charge in [-0.1, -0.05) is 18.2 Å². The summed E-state index contributed by atoms with van der Waals surface area (Å²) in [5.74, 6) is 1.50. The number of amides is 1. The summed E-state index contributed by atoms with van der Waals surface area (Å²) in [6, 6.07) is 14.0. The fraction of sp³-hybridized carbons (Fsp3) is 0.350. The second-order valence-electron chi connectivity index (χ2n) is 6.19. The quantitative estimate of drug-likeness (QED) is 0.875. The zero-order valence-electron chi connectivity index (χ0n) is 14.9. The summed E-state index contributed by atoms with van der Waals surface area (Å²) in [6.07, 6.45) is 1.36. The number of para-hydroxylation sites is 1. The number of methoxy groups -OCH3 is 2. The van der Waals surface area contributed by atoms with Crippen molar-refractivity contribution in [3.8, 4) is 11.5 Å². The highest BCUT2D eigenvalue weighted by Crippen LogP contribution is 2.32. The van der Waals surface area contributed by atoms with Gasteiger partial charge in [-0.05, 0) is 37.1 Å². The molecule has 1 amide bonds. The van der Waals surface area contributed by atoms with Crippen molar-refractivity contribution in [2.75, 3.05) is 31.0 Å². The number of hydrogen-bond acceptors (Lipinski definition) is 4. The van der Waals surface area contributed by atoms with E-state index in [2.05, 4.69) is 18.3 Å². The van der Waals surface area contributed by atoms with Crippen molar-refractivity contribution >= 4 is 17.3 Å². The lowest BCUT2D eigenvalue weighted by molar-refractivity contribution is -0.118. The van der Waals surface area contributed by atoms with E-state index in [1.54, 1.807) is 14.2 Å². The van der Waals surface area contributed by atoms with E-state index in [9.17, 15) is 4.79 Å². The smallest absolute Gasteiger partial charge is 0.229 e. The molecule has 1 heterocycles. The first kappa shape index (κ1) is 17.1. The molecule has 3 rings (SSSR count). The third kappa shape index (κ3) is 3.55. The zero-order valence-corrected chi connectivity index (χ0v) is 14.9. The summed E-state index contributed by atoms with van der Waals surface area (Å²) in [4.78, 5) is 14.6. The summed E-state index contributed by atoms with van der Waals surface area (Å²) in [6.45, 7) is 2.67. The van der Waals surface area contributed by atoms with Crippen molar-refractivity contribution in [2.24, 2.45) is 0 Å². The Kier molecular flexibility index (Phi) is 5.12. The summed E-state index contributed by atoms with van der Waals surface area (Å²) in [7, 11) is 3.22. The lowest BCUT2D eigenvalue weighted by atomic mass is 10.1. The maximum atomic E-state index is 12.7. The number of anilines is 2.